The molecule has 0 N–H and O–H groups in total. The third kappa shape index (κ3) is 1.84. The largest absolute Gasteiger partial charge is 0.372 e. The van der Waals surface area contributed by atoms with Gasteiger partial charge in [-0.15, -0.1) is 0 Å². The summed E-state index contributed by atoms with van der Waals surface area (Å²) in [5, 5.41) is 0. The van der Waals surface area contributed by atoms with E-state index >= 15 is 0 Å². The summed E-state index contributed by atoms with van der Waals surface area (Å²) in [5.41, 5.74) is 4.31. The highest BCUT2D eigenvalue weighted by Crippen LogP contribution is 2.31. The number of rotatable bonds is 1. The first kappa shape index (κ1) is 10.5. The summed E-state index contributed by atoms with van der Waals surface area (Å²) >= 11 is 0. The monoisotopic (exact) mass is 221 g/mol. The van der Waals surface area contributed by atoms with E-state index in [1.165, 1.54) is 16.8 Å². The van der Waals surface area contributed by atoms with Gasteiger partial charge < -0.3 is 4.90 Å². The molecule has 3 rings (SSSR count). The lowest BCUT2D eigenvalue weighted by atomic mass is 9.80. The van der Waals surface area contributed by atoms with Crippen LogP contribution in [0.15, 0.2) is 54.6 Å². The third-order valence-electron chi connectivity index (χ3n) is 3.68. The van der Waals surface area contributed by atoms with Crippen molar-refractivity contribution in [3.05, 3.63) is 65.7 Å². The van der Waals surface area contributed by atoms with Gasteiger partial charge in [-0.25, -0.2) is 0 Å². The highest BCUT2D eigenvalue weighted by atomic mass is 15.2. The van der Waals surface area contributed by atoms with Gasteiger partial charge in [-0.2, -0.15) is 0 Å². The molecule has 0 aromatic heterocycles. The molecule has 2 aromatic rings. The summed E-state index contributed by atoms with van der Waals surface area (Å²) in [5.74, 6) is 0.474. The molecular weight excluding hydrogens is 205 g/mol. The van der Waals surface area contributed by atoms with Crippen LogP contribution in [-0.2, 0) is 6.42 Å². The lowest BCUT2D eigenvalue weighted by Gasteiger charge is -2.37. The van der Waals surface area contributed by atoms with Crippen LogP contribution < -0.4 is 4.90 Å². The Morgan fingerprint density at radius 3 is 2.47 bits per heavy atom. The van der Waals surface area contributed by atoms with Crippen molar-refractivity contribution in [2.24, 2.45) is 0 Å². The predicted octanol–water partition coefficient (Wildman–Crippen LogP) is 2.38. The van der Waals surface area contributed by atoms with E-state index in [1.54, 1.807) is 0 Å². The van der Waals surface area contributed by atoms with E-state index in [9.17, 15) is 0 Å². The quantitative estimate of drug-likeness (QED) is 0.668. The molecule has 1 nitrogen and oxygen atoms in total. The molecular formula is C15H16BN. The molecule has 0 saturated carbocycles. The van der Waals surface area contributed by atoms with E-state index < -0.39 is 0 Å². The molecule has 0 spiro atoms. The van der Waals surface area contributed by atoms with Gasteiger partial charge in [-0.05, 0) is 29.7 Å². The van der Waals surface area contributed by atoms with Gasteiger partial charge in [-0.3, -0.25) is 0 Å². The highest BCUT2D eigenvalue weighted by molar-refractivity contribution is 6.14. The molecule has 1 atom stereocenters. The van der Waals surface area contributed by atoms with Crippen molar-refractivity contribution in [1.29, 1.82) is 0 Å². The van der Waals surface area contributed by atoms with Crippen molar-refractivity contribution in [3.63, 3.8) is 0 Å². The minimum Gasteiger partial charge on any atom is -0.372 e. The van der Waals surface area contributed by atoms with Gasteiger partial charge in [0.2, 0.25) is 0 Å². The Kier molecular flexibility index (Phi) is 2.64. The second-order valence-corrected chi connectivity index (χ2v) is 4.65. The van der Waals surface area contributed by atoms with Crippen molar-refractivity contribution in [2.75, 3.05) is 11.4 Å². The number of para-hydroxylation sites is 1. The number of benzene rings is 2. The van der Waals surface area contributed by atoms with E-state index in [0.29, 0.717) is 5.94 Å². The maximum absolute atomic E-state index is 2.49. The van der Waals surface area contributed by atoms with Crippen molar-refractivity contribution < 1.29 is 0 Å². The zero-order chi connectivity index (χ0) is 11.7. The van der Waals surface area contributed by atoms with Gasteiger partial charge in [0.25, 0.3) is 0 Å². The molecule has 17 heavy (non-hydrogen) atoms. The average Bonchev–Trinajstić information content (AvgIpc) is 2.40. The van der Waals surface area contributed by atoms with Gasteiger partial charge in [-0.1, -0.05) is 42.5 Å². The van der Waals surface area contributed by atoms with Crippen LogP contribution in [0.2, 0.25) is 0 Å². The van der Waals surface area contributed by atoms with Crippen LogP contribution in [0.5, 0.6) is 0 Å². The first-order valence-corrected chi connectivity index (χ1v) is 6.26. The van der Waals surface area contributed by atoms with E-state index in [0.717, 1.165) is 13.0 Å². The minimum atomic E-state index is 0.474. The normalized spacial score (nSPS) is 18.8. The fourth-order valence-corrected chi connectivity index (χ4v) is 2.74. The standard InChI is InChI=1S/C15H16BN/c16-15-14-9-5-4-6-12(14)10-11-17(15)13-7-2-1-3-8-13/h1-9,15H,10-11,16H2. The van der Waals surface area contributed by atoms with E-state index in [-0.39, 0.29) is 0 Å². The summed E-state index contributed by atoms with van der Waals surface area (Å²) in [7, 11) is 2.30. The lowest BCUT2D eigenvalue weighted by Crippen LogP contribution is -2.35. The molecule has 0 bridgehead atoms. The molecule has 1 aliphatic heterocycles. The first-order chi connectivity index (χ1) is 8.36. The van der Waals surface area contributed by atoms with Crippen molar-refractivity contribution in [3.8, 4) is 0 Å². The van der Waals surface area contributed by atoms with E-state index in [1.807, 2.05) is 0 Å². The number of hydrogen-bond acceptors (Lipinski definition) is 1. The van der Waals surface area contributed by atoms with Crippen molar-refractivity contribution >= 4 is 13.5 Å². The van der Waals surface area contributed by atoms with Crippen LogP contribution in [-0.4, -0.2) is 14.4 Å². The van der Waals surface area contributed by atoms with E-state index in [2.05, 4.69) is 67.3 Å². The van der Waals surface area contributed by atoms with E-state index in [4.69, 9.17) is 0 Å². The van der Waals surface area contributed by atoms with Gasteiger partial charge in [0.15, 0.2) is 0 Å². The number of hydrogen-bond donors (Lipinski definition) is 0. The fourth-order valence-electron chi connectivity index (χ4n) is 2.74. The summed E-state index contributed by atoms with van der Waals surface area (Å²) in [4.78, 5) is 2.49. The minimum absolute atomic E-state index is 0.474. The molecule has 84 valence electrons. The Morgan fingerprint density at radius 2 is 1.65 bits per heavy atom. The molecule has 0 fully saturated rings. The van der Waals surface area contributed by atoms with Gasteiger partial charge in [0.05, 0.1) is 0 Å². The SMILES string of the molecule is BC1c2ccccc2CCN1c1ccccc1. The maximum Gasteiger partial charge on any atom is 0.136 e. The zero-order valence-electron chi connectivity index (χ0n) is 10.1. The average molecular weight is 221 g/mol. The van der Waals surface area contributed by atoms with Crippen LogP contribution in [0.4, 0.5) is 5.69 Å². The molecule has 2 heteroatoms. The molecule has 0 saturated heterocycles. The van der Waals surface area contributed by atoms with Crippen LogP contribution in [0.25, 0.3) is 0 Å². The molecule has 1 unspecified atom stereocenters. The maximum atomic E-state index is 2.49. The number of nitrogens with zero attached hydrogens (tertiary/aromatic N) is 1. The predicted molar refractivity (Wildman–Crippen MR) is 75.2 cm³/mol. The van der Waals surface area contributed by atoms with Crippen LogP contribution in [0.3, 0.4) is 0 Å². The Balaban J connectivity index is 1.97. The van der Waals surface area contributed by atoms with Gasteiger partial charge in [0, 0.05) is 18.2 Å². The molecule has 2 aromatic carbocycles. The summed E-state index contributed by atoms with van der Waals surface area (Å²) in [6.07, 6.45) is 1.15. The van der Waals surface area contributed by atoms with Crippen LogP contribution >= 0.6 is 0 Å². The zero-order valence-corrected chi connectivity index (χ0v) is 10.1. The van der Waals surface area contributed by atoms with Crippen LogP contribution in [0, 0.1) is 0 Å². The highest BCUT2D eigenvalue weighted by Gasteiger charge is 2.22. The summed E-state index contributed by atoms with van der Waals surface area (Å²) in [6, 6.07) is 19.5. The number of anilines is 1. The fraction of sp³-hybridized carbons (Fsp3) is 0.200. The Bertz CT molecular complexity index is 509. The topological polar surface area (TPSA) is 3.24 Å². The van der Waals surface area contributed by atoms with Crippen molar-refractivity contribution in [1.82, 2.24) is 0 Å². The molecule has 0 aliphatic carbocycles. The Morgan fingerprint density at radius 1 is 0.941 bits per heavy atom. The van der Waals surface area contributed by atoms with Gasteiger partial charge in [0.1, 0.15) is 7.85 Å². The first-order valence-electron chi connectivity index (χ1n) is 6.26. The van der Waals surface area contributed by atoms with Crippen LogP contribution in [0.1, 0.15) is 17.1 Å². The lowest BCUT2D eigenvalue weighted by molar-refractivity contribution is 0.711. The second-order valence-electron chi connectivity index (χ2n) is 4.65. The Hall–Kier alpha value is -1.70. The molecule has 0 amide bonds. The Labute approximate surface area is 103 Å². The van der Waals surface area contributed by atoms with Crippen molar-refractivity contribution in [2.45, 2.75) is 12.4 Å². The number of fused-ring (bicyclic) bond motifs is 1. The summed E-state index contributed by atoms with van der Waals surface area (Å²) in [6.45, 7) is 1.11. The van der Waals surface area contributed by atoms with Gasteiger partial charge >= 0.3 is 0 Å². The molecule has 0 radical (unpaired) electrons. The third-order valence-corrected chi connectivity index (χ3v) is 3.68. The smallest absolute Gasteiger partial charge is 0.136 e. The molecule has 1 aliphatic rings. The molecule has 1 heterocycles. The summed E-state index contributed by atoms with van der Waals surface area (Å²) < 4.78 is 0. The second kappa shape index (κ2) is 4.29.